The number of hydrogen-bond donors (Lipinski definition) is 2. The van der Waals surface area contributed by atoms with Gasteiger partial charge < -0.3 is 10.6 Å². The molecular weight excluding hydrogens is 348 g/mol. The topological polar surface area (TPSA) is 58.2 Å². The number of carbonyl (C=O) groups is 2. The molecule has 0 atom stereocenters. The zero-order valence-electron chi connectivity index (χ0n) is 15.3. The molecular formula is C21H23ClN2O2. The van der Waals surface area contributed by atoms with E-state index in [1.807, 2.05) is 51.1 Å². The van der Waals surface area contributed by atoms with Crippen LogP contribution in [0.5, 0.6) is 0 Å². The number of hydrogen-bond acceptors (Lipinski definition) is 2. The van der Waals surface area contributed by atoms with Crippen molar-refractivity contribution >= 4 is 29.1 Å². The second kappa shape index (κ2) is 7.12. The number of halogens is 1. The number of anilines is 1. The molecule has 1 fully saturated rings. The Hall–Kier alpha value is -2.33. The molecule has 0 heterocycles. The normalized spacial score (nSPS) is 14.6. The van der Waals surface area contributed by atoms with Crippen molar-refractivity contribution in [3.8, 4) is 0 Å². The van der Waals surface area contributed by atoms with Gasteiger partial charge in [-0.05, 0) is 56.4 Å². The molecule has 3 rings (SSSR count). The van der Waals surface area contributed by atoms with Crippen molar-refractivity contribution < 1.29 is 9.59 Å². The number of aryl methyl sites for hydroxylation is 3. The molecule has 2 aromatic carbocycles. The van der Waals surface area contributed by atoms with Gasteiger partial charge in [0, 0.05) is 17.3 Å². The highest BCUT2D eigenvalue weighted by Gasteiger charge is 2.56. The third kappa shape index (κ3) is 3.61. The molecule has 26 heavy (non-hydrogen) atoms. The third-order valence-corrected chi connectivity index (χ3v) is 5.30. The van der Waals surface area contributed by atoms with Crippen LogP contribution in [0.15, 0.2) is 36.4 Å². The van der Waals surface area contributed by atoms with Crippen LogP contribution in [-0.4, -0.2) is 11.8 Å². The minimum Gasteiger partial charge on any atom is -0.351 e. The Bertz CT molecular complexity index is 849. The lowest BCUT2D eigenvalue weighted by Gasteiger charge is -2.18. The monoisotopic (exact) mass is 370 g/mol. The predicted octanol–water partition coefficient (Wildman–Crippen LogP) is 4.30. The summed E-state index contributed by atoms with van der Waals surface area (Å²) in [5.41, 5.74) is 3.82. The average molecular weight is 371 g/mol. The number of benzene rings is 2. The van der Waals surface area contributed by atoms with Crippen LogP contribution in [0.2, 0.25) is 5.02 Å². The van der Waals surface area contributed by atoms with Crippen LogP contribution in [0.1, 0.15) is 35.1 Å². The van der Waals surface area contributed by atoms with Crippen molar-refractivity contribution in [2.75, 3.05) is 5.32 Å². The molecule has 5 heteroatoms. The summed E-state index contributed by atoms with van der Waals surface area (Å²) in [5.74, 6) is -0.471. The number of amides is 2. The van der Waals surface area contributed by atoms with Gasteiger partial charge in [-0.3, -0.25) is 9.59 Å². The molecule has 0 radical (unpaired) electrons. The van der Waals surface area contributed by atoms with E-state index in [1.54, 1.807) is 6.07 Å². The first-order valence-corrected chi connectivity index (χ1v) is 9.12. The van der Waals surface area contributed by atoms with E-state index < -0.39 is 5.41 Å². The molecule has 0 aromatic heterocycles. The summed E-state index contributed by atoms with van der Waals surface area (Å²) in [6.07, 6.45) is 1.13. The van der Waals surface area contributed by atoms with Crippen LogP contribution >= 0.6 is 11.6 Å². The first kappa shape index (κ1) is 18.5. The van der Waals surface area contributed by atoms with Crippen molar-refractivity contribution in [3.05, 3.63) is 63.7 Å². The summed E-state index contributed by atoms with van der Waals surface area (Å²) < 4.78 is 0. The quantitative estimate of drug-likeness (QED) is 0.771. The first-order valence-electron chi connectivity index (χ1n) is 8.74. The van der Waals surface area contributed by atoms with E-state index in [9.17, 15) is 9.59 Å². The number of rotatable bonds is 5. The fourth-order valence-corrected chi connectivity index (χ4v) is 3.48. The largest absolute Gasteiger partial charge is 0.351 e. The summed E-state index contributed by atoms with van der Waals surface area (Å²) in [7, 11) is 0. The lowest BCUT2D eigenvalue weighted by molar-refractivity contribution is -0.134. The molecule has 2 N–H and O–H groups in total. The van der Waals surface area contributed by atoms with Crippen molar-refractivity contribution in [2.24, 2.45) is 5.41 Å². The van der Waals surface area contributed by atoms with E-state index in [1.165, 1.54) is 0 Å². The molecule has 4 nitrogen and oxygen atoms in total. The standard InChI is InChI=1S/C21H23ClN2O2/c1-13-10-14(2)18(15(3)11-13)24-20(26)21(8-9-21)19(25)23-12-16-6-4-5-7-17(16)22/h4-7,10-11H,8-9,12H2,1-3H3,(H,23,25)(H,24,26). The van der Waals surface area contributed by atoms with Gasteiger partial charge in [0.15, 0.2) is 0 Å². The van der Waals surface area contributed by atoms with Gasteiger partial charge in [-0.2, -0.15) is 0 Å². The Morgan fingerprint density at radius 3 is 2.23 bits per heavy atom. The lowest BCUT2D eigenvalue weighted by atomic mass is 10.0. The smallest absolute Gasteiger partial charge is 0.240 e. The second-order valence-corrected chi connectivity index (χ2v) is 7.49. The lowest BCUT2D eigenvalue weighted by Crippen LogP contribution is -2.39. The summed E-state index contributed by atoms with van der Waals surface area (Å²) >= 11 is 6.12. The summed E-state index contributed by atoms with van der Waals surface area (Å²) in [4.78, 5) is 25.5. The van der Waals surface area contributed by atoms with Gasteiger partial charge in [0.2, 0.25) is 11.8 Å². The Morgan fingerprint density at radius 1 is 1.04 bits per heavy atom. The molecule has 1 aliphatic rings. The van der Waals surface area contributed by atoms with Crippen molar-refractivity contribution in [3.63, 3.8) is 0 Å². The van der Waals surface area contributed by atoms with Crippen LogP contribution < -0.4 is 10.6 Å². The van der Waals surface area contributed by atoms with E-state index >= 15 is 0 Å². The Morgan fingerprint density at radius 2 is 1.65 bits per heavy atom. The molecule has 0 spiro atoms. The van der Waals surface area contributed by atoms with Crippen molar-refractivity contribution in [2.45, 2.75) is 40.2 Å². The van der Waals surface area contributed by atoms with Gasteiger partial charge in [0.25, 0.3) is 0 Å². The fourth-order valence-electron chi connectivity index (χ4n) is 3.28. The van der Waals surface area contributed by atoms with Gasteiger partial charge in [0.1, 0.15) is 5.41 Å². The minimum absolute atomic E-state index is 0.232. The zero-order chi connectivity index (χ0) is 18.9. The maximum absolute atomic E-state index is 12.8. The molecule has 0 saturated heterocycles. The van der Waals surface area contributed by atoms with Gasteiger partial charge in [0.05, 0.1) is 0 Å². The molecule has 1 saturated carbocycles. The van der Waals surface area contributed by atoms with Gasteiger partial charge >= 0.3 is 0 Å². The second-order valence-electron chi connectivity index (χ2n) is 7.08. The van der Waals surface area contributed by atoms with Crippen LogP contribution in [0.3, 0.4) is 0 Å². The molecule has 0 bridgehead atoms. The highest BCUT2D eigenvalue weighted by molar-refractivity contribution is 6.31. The summed E-state index contributed by atoms with van der Waals surface area (Å²) in [6, 6.07) is 11.4. The number of nitrogens with one attached hydrogen (secondary N) is 2. The molecule has 136 valence electrons. The third-order valence-electron chi connectivity index (χ3n) is 4.93. The highest BCUT2D eigenvalue weighted by Crippen LogP contribution is 2.47. The van der Waals surface area contributed by atoms with E-state index in [4.69, 9.17) is 11.6 Å². The summed E-state index contributed by atoms with van der Waals surface area (Å²) in [6.45, 7) is 6.27. The molecule has 2 amide bonds. The van der Waals surface area contributed by atoms with E-state index in [-0.39, 0.29) is 11.8 Å². The van der Waals surface area contributed by atoms with E-state index in [0.717, 1.165) is 27.9 Å². The summed E-state index contributed by atoms with van der Waals surface area (Å²) in [5, 5.41) is 6.44. The van der Waals surface area contributed by atoms with Crippen LogP contribution in [0, 0.1) is 26.2 Å². The number of carbonyl (C=O) groups excluding carboxylic acids is 2. The van der Waals surface area contributed by atoms with Crippen LogP contribution in [-0.2, 0) is 16.1 Å². The Labute approximate surface area is 158 Å². The first-order chi connectivity index (χ1) is 12.3. The fraction of sp³-hybridized carbons (Fsp3) is 0.333. The predicted molar refractivity (Wildman–Crippen MR) is 104 cm³/mol. The molecule has 1 aliphatic carbocycles. The highest BCUT2D eigenvalue weighted by atomic mass is 35.5. The Balaban J connectivity index is 1.69. The van der Waals surface area contributed by atoms with Crippen molar-refractivity contribution in [1.29, 1.82) is 0 Å². The van der Waals surface area contributed by atoms with Gasteiger partial charge in [-0.15, -0.1) is 0 Å². The van der Waals surface area contributed by atoms with E-state index in [0.29, 0.717) is 24.4 Å². The SMILES string of the molecule is Cc1cc(C)c(NC(=O)C2(C(=O)NCc3ccccc3Cl)CC2)c(C)c1. The Kier molecular flexibility index (Phi) is 5.05. The molecule has 0 aliphatic heterocycles. The maximum atomic E-state index is 12.8. The van der Waals surface area contributed by atoms with Crippen LogP contribution in [0.4, 0.5) is 5.69 Å². The zero-order valence-corrected chi connectivity index (χ0v) is 16.0. The maximum Gasteiger partial charge on any atom is 0.240 e. The van der Waals surface area contributed by atoms with Gasteiger partial charge in [-0.1, -0.05) is 47.5 Å². The average Bonchev–Trinajstić information content (AvgIpc) is 3.39. The van der Waals surface area contributed by atoms with Crippen molar-refractivity contribution in [1.82, 2.24) is 5.32 Å². The van der Waals surface area contributed by atoms with Gasteiger partial charge in [-0.25, -0.2) is 0 Å². The molecule has 2 aromatic rings. The van der Waals surface area contributed by atoms with E-state index in [2.05, 4.69) is 10.6 Å². The molecule has 0 unspecified atom stereocenters. The minimum atomic E-state index is -0.967. The van der Waals surface area contributed by atoms with Crippen LogP contribution in [0.25, 0.3) is 0 Å².